The van der Waals surface area contributed by atoms with Crippen molar-refractivity contribution in [2.75, 3.05) is 19.0 Å². The van der Waals surface area contributed by atoms with Crippen LogP contribution in [-0.2, 0) is 9.53 Å². The van der Waals surface area contributed by atoms with Crippen LogP contribution >= 0.6 is 0 Å². The largest absolute Gasteiger partial charge is 0.508 e. The maximum Gasteiger partial charge on any atom is 0.224 e. The third kappa shape index (κ3) is 5.73. The van der Waals surface area contributed by atoms with Gasteiger partial charge in [0.25, 0.3) is 0 Å². The highest BCUT2D eigenvalue weighted by atomic mass is 16.5. The summed E-state index contributed by atoms with van der Waals surface area (Å²) in [5.41, 5.74) is 1.46. The van der Waals surface area contributed by atoms with Gasteiger partial charge in [-0.05, 0) is 38.5 Å². The molecule has 1 aromatic carbocycles. The summed E-state index contributed by atoms with van der Waals surface area (Å²) in [6.07, 6.45) is 1.30. The molecule has 0 heterocycles. The van der Waals surface area contributed by atoms with Gasteiger partial charge >= 0.3 is 0 Å². The number of nitrogens with one attached hydrogen (secondary N) is 2. The number of hydrogen-bond acceptors (Lipinski definition) is 4. The SMILES string of the molecule is CCCC(=O)Nc1ccc(O)c(C(C)NC(C)COC)c1. The minimum atomic E-state index is -0.0434. The highest BCUT2D eigenvalue weighted by molar-refractivity contribution is 5.90. The van der Waals surface area contributed by atoms with Crippen LogP contribution in [0.15, 0.2) is 18.2 Å². The molecular formula is C16H26N2O3. The summed E-state index contributed by atoms with van der Waals surface area (Å²) in [5.74, 6) is 0.204. The van der Waals surface area contributed by atoms with Crippen molar-refractivity contribution in [3.8, 4) is 5.75 Å². The van der Waals surface area contributed by atoms with Gasteiger partial charge in [-0.25, -0.2) is 0 Å². The van der Waals surface area contributed by atoms with Crippen molar-refractivity contribution in [2.24, 2.45) is 0 Å². The van der Waals surface area contributed by atoms with Gasteiger partial charge in [0, 0.05) is 36.9 Å². The average Bonchev–Trinajstić information content (AvgIpc) is 2.41. The van der Waals surface area contributed by atoms with Gasteiger partial charge in [-0.3, -0.25) is 4.79 Å². The predicted octanol–water partition coefficient (Wildman–Crippen LogP) is 2.82. The van der Waals surface area contributed by atoms with Crippen molar-refractivity contribution in [3.63, 3.8) is 0 Å². The number of hydrogen-bond donors (Lipinski definition) is 3. The van der Waals surface area contributed by atoms with E-state index < -0.39 is 0 Å². The van der Waals surface area contributed by atoms with Crippen LogP contribution in [0.5, 0.6) is 5.75 Å². The lowest BCUT2D eigenvalue weighted by Gasteiger charge is -2.21. The summed E-state index contributed by atoms with van der Waals surface area (Å²) < 4.78 is 5.09. The van der Waals surface area contributed by atoms with Gasteiger partial charge in [0.05, 0.1) is 6.61 Å². The van der Waals surface area contributed by atoms with Crippen molar-refractivity contribution < 1.29 is 14.6 Å². The van der Waals surface area contributed by atoms with Crippen molar-refractivity contribution in [2.45, 2.75) is 45.7 Å². The topological polar surface area (TPSA) is 70.6 Å². The number of rotatable bonds is 8. The highest BCUT2D eigenvalue weighted by Gasteiger charge is 2.14. The second kappa shape index (κ2) is 8.64. The van der Waals surface area contributed by atoms with Gasteiger partial charge in [-0.2, -0.15) is 0 Å². The molecule has 0 saturated heterocycles. The molecule has 5 heteroatoms. The summed E-state index contributed by atoms with van der Waals surface area (Å²) in [5, 5.41) is 16.2. The van der Waals surface area contributed by atoms with E-state index in [9.17, 15) is 9.90 Å². The normalized spacial score (nSPS) is 13.7. The first-order valence-corrected chi connectivity index (χ1v) is 7.35. The van der Waals surface area contributed by atoms with Crippen molar-refractivity contribution in [3.05, 3.63) is 23.8 Å². The maximum absolute atomic E-state index is 11.6. The zero-order valence-electron chi connectivity index (χ0n) is 13.3. The Morgan fingerprint density at radius 2 is 2.10 bits per heavy atom. The van der Waals surface area contributed by atoms with Crippen molar-refractivity contribution in [1.82, 2.24) is 5.32 Å². The Morgan fingerprint density at radius 1 is 1.38 bits per heavy atom. The molecule has 0 saturated carbocycles. The minimum absolute atomic E-state index is 0.0116. The fraction of sp³-hybridized carbons (Fsp3) is 0.562. The van der Waals surface area contributed by atoms with E-state index in [1.54, 1.807) is 25.3 Å². The Balaban J connectivity index is 2.79. The smallest absolute Gasteiger partial charge is 0.224 e. The van der Waals surface area contributed by atoms with Crippen molar-refractivity contribution in [1.29, 1.82) is 0 Å². The van der Waals surface area contributed by atoms with E-state index in [0.717, 1.165) is 12.0 Å². The predicted molar refractivity (Wildman–Crippen MR) is 84.5 cm³/mol. The van der Waals surface area contributed by atoms with Gasteiger partial charge in [-0.15, -0.1) is 0 Å². The molecule has 0 bridgehead atoms. The molecule has 5 nitrogen and oxygen atoms in total. The van der Waals surface area contributed by atoms with Crippen LogP contribution in [-0.4, -0.2) is 30.8 Å². The first kappa shape index (κ1) is 17.5. The number of amides is 1. The number of anilines is 1. The number of carbonyl (C=O) groups excluding carboxylic acids is 1. The molecule has 0 aromatic heterocycles. The van der Waals surface area contributed by atoms with E-state index in [1.807, 2.05) is 20.8 Å². The molecule has 1 aromatic rings. The van der Waals surface area contributed by atoms with E-state index in [-0.39, 0.29) is 23.7 Å². The van der Waals surface area contributed by atoms with Crippen LogP contribution in [0.1, 0.15) is 45.2 Å². The molecule has 0 radical (unpaired) electrons. The van der Waals surface area contributed by atoms with Crippen LogP contribution < -0.4 is 10.6 Å². The zero-order chi connectivity index (χ0) is 15.8. The maximum atomic E-state index is 11.6. The number of carbonyl (C=O) groups is 1. The molecule has 0 aliphatic heterocycles. The van der Waals surface area contributed by atoms with Crippen LogP contribution in [0, 0.1) is 0 Å². The molecule has 1 rings (SSSR count). The molecule has 0 aliphatic carbocycles. The first-order chi connectivity index (χ1) is 9.97. The van der Waals surface area contributed by atoms with Gasteiger partial charge in [0.1, 0.15) is 5.75 Å². The highest BCUT2D eigenvalue weighted by Crippen LogP contribution is 2.27. The van der Waals surface area contributed by atoms with Crippen LogP contribution in [0.25, 0.3) is 0 Å². The standard InChI is InChI=1S/C16H26N2O3/c1-5-6-16(20)18-13-7-8-15(19)14(9-13)12(3)17-11(2)10-21-4/h7-9,11-12,17,19H,5-6,10H2,1-4H3,(H,18,20). The molecule has 3 N–H and O–H groups in total. The lowest BCUT2D eigenvalue weighted by atomic mass is 10.1. The monoisotopic (exact) mass is 294 g/mol. The average molecular weight is 294 g/mol. The van der Waals surface area contributed by atoms with E-state index in [2.05, 4.69) is 10.6 Å². The zero-order valence-corrected chi connectivity index (χ0v) is 13.3. The molecule has 2 unspecified atom stereocenters. The molecule has 2 atom stereocenters. The summed E-state index contributed by atoms with van der Waals surface area (Å²) in [6, 6.07) is 5.24. The third-order valence-electron chi connectivity index (χ3n) is 3.21. The number of ether oxygens (including phenoxy) is 1. The number of methoxy groups -OCH3 is 1. The molecule has 1 amide bonds. The Bertz CT molecular complexity index is 463. The van der Waals surface area contributed by atoms with Crippen LogP contribution in [0.4, 0.5) is 5.69 Å². The fourth-order valence-corrected chi connectivity index (χ4v) is 2.24. The Kier molecular flexibility index (Phi) is 7.19. The summed E-state index contributed by atoms with van der Waals surface area (Å²) in [4.78, 5) is 11.6. The second-order valence-electron chi connectivity index (χ2n) is 5.32. The Morgan fingerprint density at radius 3 is 2.71 bits per heavy atom. The Labute approximate surface area is 126 Å². The number of phenols is 1. The fourth-order valence-electron chi connectivity index (χ4n) is 2.24. The van der Waals surface area contributed by atoms with Gasteiger partial charge < -0.3 is 20.5 Å². The van der Waals surface area contributed by atoms with E-state index >= 15 is 0 Å². The van der Waals surface area contributed by atoms with Gasteiger partial charge in [0.2, 0.25) is 5.91 Å². The van der Waals surface area contributed by atoms with E-state index in [0.29, 0.717) is 18.7 Å². The molecule has 118 valence electrons. The minimum Gasteiger partial charge on any atom is -0.508 e. The number of phenolic OH excluding ortho intramolecular Hbond substituents is 1. The molecular weight excluding hydrogens is 268 g/mol. The summed E-state index contributed by atoms with van der Waals surface area (Å²) in [7, 11) is 1.66. The van der Waals surface area contributed by atoms with Crippen LogP contribution in [0.2, 0.25) is 0 Å². The van der Waals surface area contributed by atoms with Gasteiger partial charge in [0.15, 0.2) is 0 Å². The van der Waals surface area contributed by atoms with Crippen LogP contribution in [0.3, 0.4) is 0 Å². The third-order valence-corrected chi connectivity index (χ3v) is 3.21. The van der Waals surface area contributed by atoms with E-state index in [1.165, 1.54) is 0 Å². The van der Waals surface area contributed by atoms with Crippen molar-refractivity contribution >= 4 is 11.6 Å². The number of benzene rings is 1. The second-order valence-corrected chi connectivity index (χ2v) is 5.32. The van der Waals surface area contributed by atoms with E-state index in [4.69, 9.17) is 4.74 Å². The van der Waals surface area contributed by atoms with Gasteiger partial charge in [-0.1, -0.05) is 6.92 Å². The lowest BCUT2D eigenvalue weighted by Crippen LogP contribution is -2.32. The summed E-state index contributed by atoms with van der Waals surface area (Å²) >= 11 is 0. The molecule has 0 spiro atoms. The molecule has 21 heavy (non-hydrogen) atoms. The molecule has 0 aliphatic rings. The Hall–Kier alpha value is -1.59. The number of aromatic hydroxyl groups is 1. The summed E-state index contributed by atoms with van der Waals surface area (Å²) in [6.45, 7) is 6.55. The quantitative estimate of drug-likeness (QED) is 0.645. The lowest BCUT2D eigenvalue weighted by molar-refractivity contribution is -0.116. The first-order valence-electron chi connectivity index (χ1n) is 7.35. The molecule has 0 fully saturated rings.